The first-order valence-corrected chi connectivity index (χ1v) is 7.72. The smallest absolute Gasteiger partial charge is 0.337 e. The third kappa shape index (κ3) is 3.75. The van der Waals surface area contributed by atoms with Crippen molar-refractivity contribution < 1.29 is 14.3 Å². The quantitative estimate of drug-likeness (QED) is 0.743. The highest BCUT2D eigenvalue weighted by atomic mass is 79.9. The van der Waals surface area contributed by atoms with Gasteiger partial charge in [0.15, 0.2) is 0 Å². The Morgan fingerprint density at radius 3 is 2.75 bits per heavy atom. The molecule has 2 aromatic rings. The highest BCUT2D eigenvalue weighted by Gasteiger charge is 2.10. The molecule has 1 N–H and O–H groups in total. The van der Waals surface area contributed by atoms with E-state index in [1.54, 1.807) is 18.2 Å². The van der Waals surface area contributed by atoms with Crippen LogP contribution in [0.15, 0.2) is 45.8 Å². The van der Waals surface area contributed by atoms with E-state index in [9.17, 15) is 9.18 Å². The molecule has 0 radical (unpaired) electrons. The van der Waals surface area contributed by atoms with Gasteiger partial charge in [-0.25, -0.2) is 9.18 Å². The Kier molecular flexibility index (Phi) is 5.07. The molecule has 0 fully saturated rings. The molecular formula is C14H9BrClFO2S. The first kappa shape index (κ1) is 15.4. The minimum Gasteiger partial charge on any atom is -0.478 e. The van der Waals surface area contributed by atoms with Crippen molar-refractivity contribution in [3.05, 3.63) is 62.8 Å². The van der Waals surface area contributed by atoms with Gasteiger partial charge in [0.2, 0.25) is 0 Å². The second-order valence-electron chi connectivity index (χ2n) is 3.97. The van der Waals surface area contributed by atoms with Gasteiger partial charge in [-0.05, 0) is 42.0 Å². The summed E-state index contributed by atoms with van der Waals surface area (Å²) in [5.41, 5.74) is 0.600. The van der Waals surface area contributed by atoms with Crippen LogP contribution in [0.25, 0.3) is 0 Å². The fourth-order valence-electron chi connectivity index (χ4n) is 1.57. The van der Waals surface area contributed by atoms with Crippen LogP contribution in [-0.2, 0) is 5.75 Å². The summed E-state index contributed by atoms with van der Waals surface area (Å²) in [6.07, 6.45) is 0. The number of aromatic carboxylic acids is 1. The zero-order valence-electron chi connectivity index (χ0n) is 10.1. The number of carboxylic acid groups (broad SMARTS) is 1. The van der Waals surface area contributed by atoms with Gasteiger partial charge in [-0.2, -0.15) is 0 Å². The fraction of sp³-hybridized carbons (Fsp3) is 0.0714. The summed E-state index contributed by atoms with van der Waals surface area (Å²) in [5, 5.41) is 9.19. The third-order valence-corrected chi connectivity index (χ3v) is 4.44. The van der Waals surface area contributed by atoms with Crippen molar-refractivity contribution in [2.75, 3.05) is 0 Å². The lowest BCUT2D eigenvalue weighted by molar-refractivity contribution is 0.0697. The van der Waals surface area contributed by atoms with Crippen LogP contribution >= 0.6 is 39.3 Å². The highest BCUT2D eigenvalue weighted by Crippen LogP contribution is 2.28. The second kappa shape index (κ2) is 6.61. The number of hydrogen-bond donors (Lipinski definition) is 1. The molecule has 0 aromatic heterocycles. The monoisotopic (exact) mass is 374 g/mol. The van der Waals surface area contributed by atoms with E-state index in [0.29, 0.717) is 11.3 Å². The number of thioether (sulfide) groups is 1. The average Bonchev–Trinajstić information content (AvgIpc) is 2.41. The second-order valence-corrected chi connectivity index (χ2v) is 6.34. The molecule has 0 bridgehead atoms. The van der Waals surface area contributed by atoms with Gasteiger partial charge in [0.25, 0.3) is 0 Å². The molecule has 0 amide bonds. The summed E-state index contributed by atoms with van der Waals surface area (Å²) in [6.45, 7) is 0. The average molecular weight is 376 g/mol. The number of rotatable bonds is 4. The summed E-state index contributed by atoms with van der Waals surface area (Å²) in [5.74, 6) is -0.953. The van der Waals surface area contributed by atoms with Crippen molar-refractivity contribution in [3.8, 4) is 0 Å². The van der Waals surface area contributed by atoms with E-state index in [1.807, 2.05) is 0 Å². The van der Waals surface area contributed by atoms with E-state index in [2.05, 4.69) is 15.9 Å². The molecule has 2 nitrogen and oxygen atoms in total. The lowest BCUT2D eigenvalue weighted by Gasteiger charge is -2.06. The Labute approximate surface area is 133 Å². The molecule has 0 unspecified atom stereocenters. The van der Waals surface area contributed by atoms with Crippen LogP contribution in [0.5, 0.6) is 0 Å². The molecule has 0 aliphatic rings. The Bertz CT molecular complexity index is 664. The molecule has 0 aliphatic heterocycles. The molecule has 104 valence electrons. The van der Waals surface area contributed by atoms with Crippen LogP contribution in [-0.4, -0.2) is 11.1 Å². The molecule has 2 aromatic carbocycles. The van der Waals surface area contributed by atoms with Gasteiger partial charge in [0.1, 0.15) is 5.82 Å². The van der Waals surface area contributed by atoms with E-state index >= 15 is 0 Å². The van der Waals surface area contributed by atoms with Crippen LogP contribution < -0.4 is 0 Å². The maximum Gasteiger partial charge on any atom is 0.337 e. The Morgan fingerprint density at radius 2 is 2.05 bits per heavy atom. The minimum atomic E-state index is -1.08. The summed E-state index contributed by atoms with van der Waals surface area (Å²) in [4.78, 5) is 11.7. The van der Waals surface area contributed by atoms with Gasteiger partial charge < -0.3 is 5.11 Å². The van der Waals surface area contributed by atoms with Gasteiger partial charge in [-0.15, -0.1) is 11.8 Å². The van der Waals surface area contributed by atoms with Crippen molar-refractivity contribution in [2.24, 2.45) is 0 Å². The molecular weight excluding hydrogens is 367 g/mol. The zero-order valence-corrected chi connectivity index (χ0v) is 13.2. The van der Waals surface area contributed by atoms with E-state index in [0.717, 1.165) is 9.37 Å². The molecule has 6 heteroatoms. The normalized spacial score (nSPS) is 10.6. The van der Waals surface area contributed by atoms with Crippen molar-refractivity contribution >= 4 is 45.3 Å². The van der Waals surface area contributed by atoms with Crippen molar-refractivity contribution in [3.63, 3.8) is 0 Å². The lowest BCUT2D eigenvalue weighted by atomic mass is 10.2. The first-order valence-electron chi connectivity index (χ1n) is 5.57. The number of hydrogen-bond acceptors (Lipinski definition) is 2. The number of benzene rings is 2. The van der Waals surface area contributed by atoms with Crippen molar-refractivity contribution in [2.45, 2.75) is 10.6 Å². The molecule has 20 heavy (non-hydrogen) atoms. The first-order chi connectivity index (χ1) is 9.47. The number of carbonyl (C=O) groups is 1. The topological polar surface area (TPSA) is 37.3 Å². The lowest BCUT2D eigenvalue weighted by Crippen LogP contribution is -1.97. The third-order valence-electron chi connectivity index (χ3n) is 2.57. The Balaban J connectivity index is 2.17. The van der Waals surface area contributed by atoms with Crippen molar-refractivity contribution in [1.29, 1.82) is 0 Å². The van der Waals surface area contributed by atoms with Crippen LogP contribution in [0.2, 0.25) is 5.02 Å². The van der Waals surface area contributed by atoms with E-state index in [4.69, 9.17) is 16.7 Å². The molecule has 0 spiro atoms. The molecule has 0 saturated carbocycles. The summed E-state index contributed by atoms with van der Waals surface area (Å²) >= 11 is 10.4. The molecule has 0 aliphatic carbocycles. The number of carboxylic acids is 1. The summed E-state index contributed by atoms with van der Waals surface area (Å²) < 4.78 is 14.4. The molecule has 0 atom stereocenters. The van der Waals surface area contributed by atoms with E-state index in [-0.39, 0.29) is 16.4 Å². The predicted octanol–water partition coefficient (Wildman–Crippen LogP) is 5.23. The number of halogens is 3. The largest absolute Gasteiger partial charge is 0.478 e. The summed E-state index contributed by atoms with van der Waals surface area (Å²) in [7, 11) is 0. The Hall–Kier alpha value is -1.04. The minimum absolute atomic E-state index is 0.0476. The van der Waals surface area contributed by atoms with Gasteiger partial charge in [-0.1, -0.05) is 27.5 Å². The van der Waals surface area contributed by atoms with Gasteiger partial charge in [0, 0.05) is 15.1 Å². The predicted molar refractivity (Wildman–Crippen MR) is 82.1 cm³/mol. The SMILES string of the molecule is O=C(O)c1cc(SCc2cc(Br)ccc2F)ccc1Cl. The van der Waals surface area contributed by atoms with Crippen LogP contribution in [0.1, 0.15) is 15.9 Å². The van der Waals surface area contributed by atoms with E-state index in [1.165, 1.54) is 30.0 Å². The maximum atomic E-state index is 13.6. The van der Waals surface area contributed by atoms with Gasteiger partial charge in [-0.3, -0.25) is 0 Å². The van der Waals surface area contributed by atoms with Crippen molar-refractivity contribution in [1.82, 2.24) is 0 Å². The molecule has 0 saturated heterocycles. The molecule has 0 heterocycles. The zero-order chi connectivity index (χ0) is 14.7. The van der Waals surface area contributed by atoms with Crippen LogP contribution in [0.4, 0.5) is 4.39 Å². The van der Waals surface area contributed by atoms with Gasteiger partial charge >= 0.3 is 5.97 Å². The highest BCUT2D eigenvalue weighted by molar-refractivity contribution is 9.10. The standard InChI is InChI=1S/C14H9BrClFO2S/c15-9-1-4-13(17)8(5-9)7-20-10-2-3-12(16)11(6-10)14(18)19/h1-6H,7H2,(H,18,19). The van der Waals surface area contributed by atoms with E-state index < -0.39 is 5.97 Å². The van der Waals surface area contributed by atoms with Gasteiger partial charge in [0.05, 0.1) is 10.6 Å². The maximum absolute atomic E-state index is 13.6. The fourth-order valence-corrected chi connectivity index (χ4v) is 3.09. The van der Waals surface area contributed by atoms with Crippen LogP contribution in [0.3, 0.4) is 0 Å². The Morgan fingerprint density at radius 1 is 1.30 bits per heavy atom. The van der Waals surface area contributed by atoms with Crippen LogP contribution in [0, 0.1) is 5.82 Å². The summed E-state index contributed by atoms with van der Waals surface area (Å²) in [6, 6.07) is 9.47. The molecule has 2 rings (SSSR count).